The van der Waals surface area contributed by atoms with E-state index in [1.54, 1.807) is 24.3 Å². The van der Waals surface area contributed by atoms with Crippen molar-refractivity contribution in [1.82, 2.24) is 9.80 Å². The minimum atomic E-state index is -0.983. The number of aliphatic carboxylic acids is 1. The lowest BCUT2D eigenvalue weighted by Crippen LogP contribution is -2.55. The first kappa shape index (κ1) is 19.0. The molecule has 1 N–H and O–H groups in total. The van der Waals surface area contributed by atoms with Gasteiger partial charge in [-0.2, -0.15) is 0 Å². The topological polar surface area (TPSA) is 107 Å². The zero-order chi connectivity index (χ0) is 19.6. The van der Waals surface area contributed by atoms with E-state index in [1.165, 1.54) is 16.9 Å². The van der Waals surface area contributed by atoms with E-state index in [0.717, 1.165) is 16.7 Å². The summed E-state index contributed by atoms with van der Waals surface area (Å²) in [5.74, 6) is -1.20. The van der Waals surface area contributed by atoms with Crippen molar-refractivity contribution in [1.29, 1.82) is 0 Å². The Labute approximate surface area is 159 Å². The molecule has 2 fully saturated rings. The van der Waals surface area contributed by atoms with Crippen molar-refractivity contribution in [3.63, 3.8) is 0 Å². The van der Waals surface area contributed by atoms with E-state index in [-0.39, 0.29) is 36.4 Å². The summed E-state index contributed by atoms with van der Waals surface area (Å²) in [5.41, 5.74) is 0.425. The molecular weight excluding hydrogens is 374 g/mol. The van der Waals surface area contributed by atoms with Gasteiger partial charge in [0.15, 0.2) is 0 Å². The van der Waals surface area contributed by atoms with Crippen molar-refractivity contribution in [2.24, 2.45) is 0 Å². The van der Waals surface area contributed by atoms with Crippen LogP contribution in [0.1, 0.15) is 0 Å². The average Bonchev–Trinajstić information content (AvgIpc) is 2.91. The second-order valence-electron chi connectivity index (χ2n) is 6.09. The number of thioether (sulfide) groups is 1. The van der Waals surface area contributed by atoms with Crippen LogP contribution in [-0.4, -0.2) is 83.0 Å². The second kappa shape index (κ2) is 7.87. The van der Waals surface area contributed by atoms with E-state index < -0.39 is 18.0 Å². The number of rotatable bonds is 6. The van der Waals surface area contributed by atoms with Crippen molar-refractivity contribution in [2.45, 2.75) is 6.04 Å². The van der Waals surface area contributed by atoms with Crippen molar-refractivity contribution < 1.29 is 29.0 Å². The summed E-state index contributed by atoms with van der Waals surface area (Å²) >= 11 is 1.01. The lowest BCUT2D eigenvalue weighted by Gasteiger charge is -2.35. The van der Waals surface area contributed by atoms with Gasteiger partial charge in [-0.3, -0.25) is 14.4 Å². The maximum atomic E-state index is 12.8. The highest BCUT2D eigenvalue weighted by molar-refractivity contribution is 8.00. The average molecular weight is 393 g/mol. The van der Waals surface area contributed by atoms with Gasteiger partial charge in [0.05, 0.1) is 30.8 Å². The lowest BCUT2D eigenvalue weighted by atomic mass is 10.2. The second-order valence-corrected chi connectivity index (χ2v) is 7.08. The van der Waals surface area contributed by atoms with Crippen LogP contribution in [0.2, 0.25) is 0 Å². The number of anilines is 1. The molecule has 1 aromatic rings. The number of hydrogen-bond donors (Lipinski definition) is 1. The summed E-state index contributed by atoms with van der Waals surface area (Å²) in [7, 11) is 1.50. The number of benzene rings is 1. The van der Waals surface area contributed by atoms with Crippen LogP contribution in [0, 0.1) is 0 Å². The molecule has 4 amide bonds. The van der Waals surface area contributed by atoms with Gasteiger partial charge in [0.1, 0.15) is 11.8 Å². The summed E-state index contributed by atoms with van der Waals surface area (Å²) in [6, 6.07) is 5.54. The summed E-state index contributed by atoms with van der Waals surface area (Å²) in [4.78, 5) is 52.4. The molecular formula is C17H19N3O6S. The van der Waals surface area contributed by atoms with Gasteiger partial charge in [-0.25, -0.2) is 9.69 Å². The molecule has 2 saturated heterocycles. The first-order valence-corrected chi connectivity index (χ1v) is 9.43. The quantitative estimate of drug-likeness (QED) is 0.701. The van der Waals surface area contributed by atoms with Crippen molar-refractivity contribution in [3.8, 4) is 5.75 Å². The normalized spacial score (nSPS) is 19.3. The molecule has 2 heterocycles. The Morgan fingerprint density at radius 2 is 2.04 bits per heavy atom. The van der Waals surface area contributed by atoms with Crippen LogP contribution < -0.4 is 9.64 Å². The van der Waals surface area contributed by atoms with Gasteiger partial charge in [-0.05, 0) is 12.1 Å². The third kappa shape index (κ3) is 3.85. The lowest BCUT2D eigenvalue weighted by molar-refractivity contribution is -0.134. The van der Waals surface area contributed by atoms with Gasteiger partial charge in [-0.15, -0.1) is 11.8 Å². The number of nitrogens with zero attached hydrogens (tertiary/aromatic N) is 3. The van der Waals surface area contributed by atoms with Crippen LogP contribution in [0.4, 0.5) is 10.5 Å². The number of fused-ring (bicyclic) bond motifs is 1. The number of carboxylic acids is 1. The van der Waals surface area contributed by atoms with Crippen LogP contribution in [0.5, 0.6) is 5.75 Å². The highest BCUT2D eigenvalue weighted by Gasteiger charge is 2.49. The molecule has 27 heavy (non-hydrogen) atoms. The molecule has 1 atom stereocenters. The number of amides is 4. The molecule has 3 rings (SSSR count). The predicted molar refractivity (Wildman–Crippen MR) is 97.9 cm³/mol. The summed E-state index contributed by atoms with van der Waals surface area (Å²) in [5, 5.41) is 8.65. The molecule has 1 unspecified atom stereocenters. The molecule has 9 nitrogen and oxygen atoms in total. The van der Waals surface area contributed by atoms with E-state index in [2.05, 4.69) is 0 Å². The molecule has 2 aliphatic rings. The Morgan fingerprint density at radius 3 is 2.74 bits per heavy atom. The zero-order valence-electron chi connectivity index (χ0n) is 14.7. The van der Waals surface area contributed by atoms with Gasteiger partial charge < -0.3 is 19.6 Å². The van der Waals surface area contributed by atoms with E-state index in [4.69, 9.17) is 9.84 Å². The Hall–Kier alpha value is -2.75. The molecule has 0 saturated carbocycles. The smallest absolute Gasteiger partial charge is 0.332 e. The third-order valence-corrected chi connectivity index (χ3v) is 5.34. The molecule has 144 valence electrons. The molecule has 2 aliphatic heterocycles. The largest absolute Gasteiger partial charge is 0.497 e. The Balaban J connectivity index is 1.70. The molecule has 0 radical (unpaired) electrons. The van der Waals surface area contributed by atoms with Gasteiger partial charge in [0.2, 0.25) is 5.91 Å². The fourth-order valence-corrected chi connectivity index (χ4v) is 3.76. The number of carbonyl (C=O) groups is 4. The minimum absolute atomic E-state index is 0.0285. The zero-order valence-corrected chi connectivity index (χ0v) is 15.5. The predicted octanol–water partition coefficient (Wildman–Crippen LogP) is 0.492. The van der Waals surface area contributed by atoms with Crippen molar-refractivity contribution >= 4 is 41.3 Å². The molecule has 10 heteroatoms. The Bertz CT molecular complexity index is 786. The maximum absolute atomic E-state index is 12.8. The number of carbonyl (C=O) groups excluding carboxylic acids is 3. The fraction of sp³-hybridized carbons (Fsp3) is 0.412. The number of hydrogen-bond acceptors (Lipinski definition) is 6. The number of piperazine rings is 1. The van der Waals surface area contributed by atoms with E-state index >= 15 is 0 Å². The first-order valence-electron chi connectivity index (χ1n) is 8.28. The first-order chi connectivity index (χ1) is 12.9. The van der Waals surface area contributed by atoms with Gasteiger partial charge in [0, 0.05) is 19.2 Å². The number of ether oxygens (including phenoxy) is 1. The van der Waals surface area contributed by atoms with E-state index in [0.29, 0.717) is 18.0 Å². The highest BCUT2D eigenvalue weighted by Crippen LogP contribution is 2.29. The molecule has 0 aliphatic carbocycles. The Kier molecular flexibility index (Phi) is 5.54. The maximum Gasteiger partial charge on any atom is 0.332 e. The van der Waals surface area contributed by atoms with Crippen LogP contribution in [-0.2, 0) is 14.4 Å². The van der Waals surface area contributed by atoms with E-state index in [1.807, 2.05) is 0 Å². The van der Waals surface area contributed by atoms with Crippen molar-refractivity contribution in [3.05, 3.63) is 24.3 Å². The molecule has 0 spiro atoms. The summed E-state index contributed by atoms with van der Waals surface area (Å²) < 4.78 is 5.15. The summed E-state index contributed by atoms with van der Waals surface area (Å²) in [6.07, 6.45) is 0. The number of urea groups is 1. The number of imide groups is 1. The highest BCUT2D eigenvalue weighted by atomic mass is 32.2. The number of methoxy groups -OCH3 is 1. The summed E-state index contributed by atoms with van der Waals surface area (Å²) in [6.45, 7) is 0.677. The van der Waals surface area contributed by atoms with Crippen molar-refractivity contribution in [2.75, 3.05) is 43.1 Å². The fourth-order valence-electron chi connectivity index (χ4n) is 3.13. The van der Waals surface area contributed by atoms with Gasteiger partial charge in [-0.1, -0.05) is 6.07 Å². The van der Waals surface area contributed by atoms with E-state index in [9.17, 15) is 19.2 Å². The van der Waals surface area contributed by atoms with Gasteiger partial charge >= 0.3 is 12.0 Å². The standard InChI is InChI=1S/C17H19N3O6S/c1-26-12-4-2-3-11(7-12)20-16(24)13-8-18(5-6-19(13)17(20)25)14(21)9-27-10-15(22)23/h2-4,7,13H,5-6,8-10H2,1H3,(H,22,23). The van der Waals surface area contributed by atoms with Crippen LogP contribution in [0.15, 0.2) is 24.3 Å². The monoisotopic (exact) mass is 393 g/mol. The molecule has 0 aromatic heterocycles. The molecule has 0 bridgehead atoms. The number of carboxylic acid groups (broad SMARTS) is 1. The SMILES string of the molecule is COc1cccc(N2C(=O)C3CN(C(=O)CSCC(=O)O)CCN3C2=O)c1. The Morgan fingerprint density at radius 1 is 1.26 bits per heavy atom. The van der Waals surface area contributed by atoms with Gasteiger partial charge in [0.25, 0.3) is 5.91 Å². The van der Waals surface area contributed by atoms with Crippen LogP contribution in [0.3, 0.4) is 0 Å². The van der Waals surface area contributed by atoms with Crippen LogP contribution in [0.25, 0.3) is 0 Å². The minimum Gasteiger partial charge on any atom is -0.497 e. The molecule has 1 aromatic carbocycles. The third-order valence-electron chi connectivity index (χ3n) is 4.44. The van der Waals surface area contributed by atoms with Crippen LogP contribution >= 0.6 is 11.8 Å².